The first-order valence-electron chi connectivity index (χ1n) is 9.13. The van der Waals surface area contributed by atoms with Crippen molar-refractivity contribution in [2.75, 3.05) is 16.2 Å². The first-order chi connectivity index (χ1) is 14.4. The van der Waals surface area contributed by atoms with E-state index in [0.29, 0.717) is 24.3 Å². The molecule has 1 aliphatic heterocycles. The van der Waals surface area contributed by atoms with Crippen molar-refractivity contribution in [3.05, 3.63) is 94.0 Å². The van der Waals surface area contributed by atoms with Gasteiger partial charge in [0.05, 0.1) is 15.5 Å². The van der Waals surface area contributed by atoms with Gasteiger partial charge in [0, 0.05) is 29.9 Å². The number of carbonyl (C=O) groups is 1. The van der Waals surface area contributed by atoms with Crippen LogP contribution in [-0.2, 0) is 16.4 Å². The minimum atomic E-state index is -3.72. The van der Waals surface area contributed by atoms with Crippen molar-refractivity contribution in [3.8, 4) is 0 Å². The van der Waals surface area contributed by atoms with Gasteiger partial charge in [0.25, 0.3) is 21.6 Å². The zero-order valence-corrected chi connectivity index (χ0v) is 16.5. The standard InChI is InChI=1S/C21H17N3O5S/c25-21(16-5-3-6-18(14-16)24(26)27)22-17-8-10-19(11-9-17)30(28,29)23-13-12-15-4-1-2-7-20(15)23/h1-11,14H,12-13H2,(H,22,25). The summed E-state index contributed by atoms with van der Waals surface area (Å²) in [7, 11) is -3.72. The molecule has 1 heterocycles. The first kappa shape index (κ1) is 19.6. The Morgan fingerprint density at radius 3 is 2.47 bits per heavy atom. The van der Waals surface area contributed by atoms with E-state index in [9.17, 15) is 23.3 Å². The van der Waals surface area contributed by atoms with Crippen molar-refractivity contribution < 1.29 is 18.1 Å². The lowest BCUT2D eigenvalue weighted by atomic mass is 10.2. The molecule has 0 radical (unpaired) electrons. The molecule has 1 amide bonds. The van der Waals surface area contributed by atoms with Crippen molar-refractivity contribution in [1.29, 1.82) is 0 Å². The number of sulfonamides is 1. The molecule has 30 heavy (non-hydrogen) atoms. The molecular formula is C21H17N3O5S. The van der Waals surface area contributed by atoms with E-state index in [-0.39, 0.29) is 16.1 Å². The molecule has 0 bridgehead atoms. The van der Waals surface area contributed by atoms with Crippen molar-refractivity contribution in [3.63, 3.8) is 0 Å². The predicted octanol–water partition coefficient (Wildman–Crippen LogP) is 3.60. The van der Waals surface area contributed by atoms with Crippen LogP contribution in [0.2, 0.25) is 0 Å². The number of para-hydroxylation sites is 1. The number of rotatable bonds is 5. The molecule has 8 nitrogen and oxygen atoms in total. The van der Waals surface area contributed by atoms with Crippen LogP contribution in [0.15, 0.2) is 77.7 Å². The molecule has 4 rings (SSSR count). The van der Waals surface area contributed by atoms with E-state index in [4.69, 9.17) is 0 Å². The third-order valence-corrected chi connectivity index (χ3v) is 6.69. The van der Waals surface area contributed by atoms with E-state index in [1.54, 1.807) is 12.1 Å². The number of amides is 1. The van der Waals surface area contributed by atoms with Gasteiger partial charge in [-0.2, -0.15) is 0 Å². The largest absolute Gasteiger partial charge is 0.322 e. The summed E-state index contributed by atoms with van der Waals surface area (Å²) in [6.07, 6.45) is 0.659. The van der Waals surface area contributed by atoms with Gasteiger partial charge in [0.2, 0.25) is 0 Å². The van der Waals surface area contributed by atoms with E-state index >= 15 is 0 Å². The summed E-state index contributed by atoms with van der Waals surface area (Å²) < 4.78 is 27.4. The van der Waals surface area contributed by atoms with Crippen LogP contribution in [0.4, 0.5) is 17.1 Å². The Bertz CT molecular complexity index is 1240. The first-order valence-corrected chi connectivity index (χ1v) is 10.6. The van der Waals surface area contributed by atoms with Crippen molar-refractivity contribution >= 4 is 33.0 Å². The fourth-order valence-electron chi connectivity index (χ4n) is 3.36. The zero-order chi connectivity index (χ0) is 21.3. The highest BCUT2D eigenvalue weighted by atomic mass is 32.2. The van der Waals surface area contributed by atoms with Crippen LogP contribution in [-0.4, -0.2) is 25.8 Å². The molecule has 3 aromatic carbocycles. The van der Waals surface area contributed by atoms with Crippen LogP contribution in [0.25, 0.3) is 0 Å². The van der Waals surface area contributed by atoms with Gasteiger partial charge in [-0.3, -0.25) is 19.2 Å². The Hall–Kier alpha value is -3.72. The van der Waals surface area contributed by atoms with Crippen molar-refractivity contribution in [2.24, 2.45) is 0 Å². The lowest BCUT2D eigenvalue weighted by Crippen LogP contribution is -2.29. The average Bonchev–Trinajstić information content (AvgIpc) is 3.19. The third kappa shape index (κ3) is 3.62. The molecule has 0 atom stereocenters. The second-order valence-electron chi connectivity index (χ2n) is 6.74. The highest BCUT2D eigenvalue weighted by Crippen LogP contribution is 2.32. The number of benzene rings is 3. The third-order valence-electron chi connectivity index (χ3n) is 4.86. The maximum atomic E-state index is 13.0. The lowest BCUT2D eigenvalue weighted by Gasteiger charge is -2.19. The summed E-state index contributed by atoms with van der Waals surface area (Å²) in [5, 5.41) is 13.5. The van der Waals surface area contributed by atoms with Gasteiger partial charge >= 0.3 is 0 Å². The summed E-state index contributed by atoms with van der Waals surface area (Å²) in [5.74, 6) is -0.525. The predicted molar refractivity (Wildman–Crippen MR) is 112 cm³/mol. The number of hydrogen-bond acceptors (Lipinski definition) is 5. The number of nitro benzene ring substituents is 1. The molecular weight excluding hydrogens is 406 g/mol. The van der Waals surface area contributed by atoms with E-state index in [0.717, 1.165) is 5.56 Å². The number of hydrogen-bond donors (Lipinski definition) is 1. The van der Waals surface area contributed by atoms with Crippen LogP contribution in [0.5, 0.6) is 0 Å². The van der Waals surface area contributed by atoms with E-state index in [1.165, 1.54) is 52.8 Å². The maximum absolute atomic E-state index is 13.0. The maximum Gasteiger partial charge on any atom is 0.270 e. The number of non-ortho nitro benzene ring substituents is 1. The van der Waals surface area contributed by atoms with Crippen LogP contribution in [0.1, 0.15) is 15.9 Å². The summed E-state index contributed by atoms with van der Waals surface area (Å²) in [5.41, 5.74) is 2.00. The molecule has 1 N–H and O–H groups in total. The summed E-state index contributed by atoms with van der Waals surface area (Å²) in [6.45, 7) is 0.382. The SMILES string of the molecule is O=C(Nc1ccc(S(=O)(=O)N2CCc3ccccc32)cc1)c1cccc([N+](=O)[O-])c1. The Balaban J connectivity index is 1.53. The molecule has 0 aliphatic carbocycles. The normalized spacial score (nSPS) is 13.0. The molecule has 0 spiro atoms. The van der Waals surface area contributed by atoms with Crippen LogP contribution >= 0.6 is 0 Å². The minimum Gasteiger partial charge on any atom is -0.322 e. The van der Waals surface area contributed by atoms with Gasteiger partial charge in [0.15, 0.2) is 0 Å². The molecule has 1 aliphatic rings. The number of anilines is 2. The van der Waals surface area contributed by atoms with Crippen LogP contribution in [0.3, 0.4) is 0 Å². The van der Waals surface area contributed by atoms with Gasteiger partial charge in [-0.1, -0.05) is 24.3 Å². The Morgan fingerprint density at radius 1 is 1.00 bits per heavy atom. The fourth-order valence-corrected chi connectivity index (χ4v) is 4.86. The molecule has 0 fully saturated rings. The van der Waals surface area contributed by atoms with Crippen LogP contribution < -0.4 is 9.62 Å². The Labute approximate surface area is 173 Å². The number of nitrogens with zero attached hydrogens (tertiary/aromatic N) is 2. The summed E-state index contributed by atoms with van der Waals surface area (Å²) in [4.78, 5) is 22.8. The Kier molecular flexibility index (Phi) is 4.96. The molecule has 152 valence electrons. The second-order valence-corrected chi connectivity index (χ2v) is 8.60. The number of fused-ring (bicyclic) bond motifs is 1. The Morgan fingerprint density at radius 2 is 1.73 bits per heavy atom. The highest BCUT2D eigenvalue weighted by Gasteiger charge is 2.30. The topological polar surface area (TPSA) is 110 Å². The second kappa shape index (κ2) is 7.60. The molecule has 0 saturated heterocycles. The highest BCUT2D eigenvalue weighted by molar-refractivity contribution is 7.92. The lowest BCUT2D eigenvalue weighted by molar-refractivity contribution is -0.384. The van der Waals surface area contributed by atoms with Gasteiger partial charge in [-0.15, -0.1) is 0 Å². The van der Waals surface area contributed by atoms with Crippen LogP contribution in [0, 0.1) is 10.1 Å². The number of nitrogens with one attached hydrogen (secondary N) is 1. The van der Waals surface area contributed by atoms with Crippen molar-refractivity contribution in [1.82, 2.24) is 0 Å². The molecule has 0 unspecified atom stereocenters. The van der Waals surface area contributed by atoms with E-state index < -0.39 is 20.9 Å². The molecule has 0 aromatic heterocycles. The van der Waals surface area contributed by atoms with Gasteiger partial charge in [-0.05, 0) is 48.4 Å². The van der Waals surface area contributed by atoms with E-state index in [2.05, 4.69) is 5.32 Å². The number of nitro groups is 1. The van der Waals surface area contributed by atoms with Gasteiger partial charge < -0.3 is 5.32 Å². The average molecular weight is 423 g/mol. The zero-order valence-electron chi connectivity index (χ0n) is 15.7. The quantitative estimate of drug-likeness (QED) is 0.498. The smallest absolute Gasteiger partial charge is 0.270 e. The fraction of sp³-hybridized carbons (Fsp3) is 0.0952. The minimum absolute atomic E-state index is 0.118. The van der Waals surface area contributed by atoms with Gasteiger partial charge in [0.1, 0.15) is 0 Å². The molecule has 9 heteroatoms. The summed E-state index contributed by atoms with van der Waals surface area (Å²) >= 11 is 0. The molecule has 3 aromatic rings. The van der Waals surface area contributed by atoms with Crippen molar-refractivity contribution in [2.45, 2.75) is 11.3 Å². The molecule has 0 saturated carbocycles. The summed E-state index contributed by atoms with van der Waals surface area (Å²) in [6, 6.07) is 18.6. The number of carbonyl (C=O) groups excluding carboxylic acids is 1. The monoisotopic (exact) mass is 423 g/mol. The van der Waals surface area contributed by atoms with Gasteiger partial charge in [-0.25, -0.2) is 8.42 Å². The van der Waals surface area contributed by atoms with E-state index in [1.807, 2.05) is 12.1 Å².